The first-order valence-electron chi connectivity index (χ1n) is 7.87. The summed E-state index contributed by atoms with van der Waals surface area (Å²) in [7, 11) is 0. The highest BCUT2D eigenvalue weighted by atomic mass is 79.9. The number of non-ortho nitro benzene ring substituents is 2. The van der Waals surface area contributed by atoms with Crippen LogP contribution in [-0.2, 0) is 0 Å². The summed E-state index contributed by atoms with van der Waals surface area (Å²) in [6.45, 7) is -3.17. The van der Waals surface area contributed by atoms with Crippen molar-refractivity contribution in [2.45, 2.75) is 12.4 Å². The summed E-state index contributed by atoms with van der Waals surface area (Å²) in [6, 6.07) is 6.52. The lowest BCUT2D eigenvalue weighted by atomic mass is 10.3. The molecule has 0 amide bonds. The number of benzene rings is 2. The number of halogens is 9. The van der Waals surface area contributed by atoms with E-state index in [2.05, 4.69) is 36.6 Å². The van der Waals surface area contributed by atoms with Gasteiger partial charge in [0.2, 0.25) is 0 Å². The lowest BCUT2D eigenvalue weighted by molar-refractivity contribution is -0.385. The van der Waals surface area contributed by atoms with Crippen LogP contribution in [0, 0.1) is 26.0 Å². The number of nitro groups is 2. The Labute approximate surface area is 196 Å². The molecule has 0 aliphatic carbocycles. The Morgan fingerprint density at radius 2 is 1.27 bits per heavy atom. The van der Waals surface area contributed by atoms with Gasteiger partial charge >= 0.3 is 12.4 Å². The Bertz CT molecular complexity index is 958. The van der Waals surface area contributed by atoms with Gasteiger partial charge in [0.15, 0.2) is 6.61 Å². The SMILES string of the molecule is O=[N+]([O-])c1ccc(F)c(Br)c1.O=[N+]([O-])c1ccc(OCC(F)(F)F)c(Br)c1.OCC(F)(F)F. The normalized spacial score (nSPS) is 10.8. The van der Waals surface area contributed by atoms with Gasteiger partial charge in [-0.05, 0) is 44.0 Å². The number of alkyl halides is 6. The van der Waals surface area contributed by atoms with Crippen molar-refractivity contribution in [2.75, 3.05) is 13.2 Å². The van der Waals surface area contributed by atoms with Crippen molar-refractivity contribution >= 4 is 43.2 Å². The monoisotopic (exact) mass is 618 g/mol. The highest BCUT2D eigenvalue weighted by Gasteiger charge is 2.29. The molecule has 0 saturated carbocycles. The van der Waals surface area contributed by atoms with Crippen molar-refractivity contribution in [3.8, 4) is 5.75 Å². The minimum Gasteiger partial charge on any atom is -0.483 e. The summed E-state index contributed by atoms with van der Waals surface area (Å²) in [5.41, 5.74) is -0.357. The van der Waals surface area contributed by atoms with Gasteiger partial charge in [0.25, 0.3) is 11.4 Å². The Morgan fingerprint density at radius 3 is 1.61 bits per heavy atom. The van der Waals surface area contributed by atoms with E-state index in [1.165, 1.54) is 0 Å². The Hall–Kier alpha value is -2.53. The summed E-state index contributed by atoms with van der Waals surface area (Å²) >= 11 is 5.72. The zero-order valence-electron chi connectivity index (χ0n) is 15.7. The molecule has 0 aliphatic rings. The Kier molecular flexibility index (Phi) is 12.2. The van der Waals surface area contributed by atoms with Gasteiger partial charge in [0.05, 0.1) is 18.8 Å². The molecule has 0 radical (unpaired) electrons. The third kappa shape index (κ3) is 13.6. The number of hydrogen-bond acceptors (Lipinski definition) is 6. The fourth-order valence-electron chi connectivity index (χ4n) is 1.48. The number of nitrogens with zero attached hydrogens (tertiary/aromatic N) is 2. The molecule has 0 unspecified atom stereocenters. The number of aliphatic hydroxyl groups excluding tert-OH is 1. The van der Waals surface area contributed by atoms with Crippen LogP contribution < -0.4 is 4.74 Å². The van der Waals surface area contributed by atoms with Crippen LogP contribution in [0.5, 0.6) is 5.75 Å². The molecule has 0 heterocycles. The number of hydrogen-bond donors (Lipinski definition) is 1. The second-order valence-electron chi connectivity index (χ2n) is 5.40. The van der Waals surface area contributed by atoms with Crippen LogP contribution in [0.2, 0.25) is 0 Å². The van der Waals surface area contributed by atoms with E-state index in [0.717, 1.165) is 36.4 Å². The molecule has 0 spiro atoms. The molecule has 2 rings (SSSR count). The third-order valence-electron chi connectivity index (χ3n) is 2.81. The average Bonchev–Trinajstić information content (AvgIpc) is 2.68. The first-order valence-corrected chi connectivity index (χ1v) is 9.46. The van der Waals surface area contributed by atoms with Crippen LogP contribution in [-0.4, -0.2) is 40.5 Å². The second kappa shape index (κ2) is 13.2. The molecule has 0 aromatic heterocycles. The van der Waals surface area contributed by atoms with E-state index >= 15 is 0 Å². The molecular formula is C16H11Br2F7N2O6. The van der Waals surface area contributed by atoms with Crippen LogP contribution >= 0.6 is 31.9 Å². The molecule has 0 fully saturated rings. The van der Waals surface area contributed by atoms with Crippen molar-refractivity contribution in [3.05, 3.63) is 71.4 Å². The summed E-state index contributed by atoms with van der Waals surface area (Å²) in [5, 5.41) is 27.7. The Morgan fingerprint density at radius 1 is 0.848 bits per heavy atom. The van der Waals surface area contributed by atoms with Crippen molar-refractivity contribution in [3.63, 3.8) is 0 Å². The second-order valence-corrected chi connectivity index (χ2v) is 7.11. The minimum atomic E-state index is -4.44. The van der Waals surface area contributed by atoms with Crippen LogP contribution in [0.15, 0.2) is 45.3 Å². The Balaban J connectivity index is 0.000000520. The number of aliphatic hydroxyl groups is 1. The van der Waals surface area contributed by atoms with Crippen LogP contribution in [0.3, 0.4) is 0 Å². The average molecular weight is 620 g/mol. The van der Waals surface area contributed by atoms with Crippen molar-refractivity contribution in [2.24, 2.45) is 0 Å². The van der Waals surface area contributed by atoms with E-state index in [4.69, 9.17) is 5.11 Å². The first kappa shape index (κ1) is 30.5. The molecular weight excluding hydrogens is 609 g/mol. The van der Waals surface area contributed by atoms with Gasteiger partial charge in [-0.3, -0.25) is 20.2 Å². The van der Waals surface area contributed by atoms with E-state index in [0.29, 0.717) is 0 Å². The summed E-state index contributed by atoms with van der Waals surface area (Å²) in [6.07, 6.45) is -8.85. The molecule has 0 bridgehead atoms. The lowest BCUT2D eigenvalue weighted by Crippen LogP contribution is -2.19. The molecule has 1 N–H and O–H groups in total. The van der Waals surface area contributed by atoms with Gasteiger partial charge in [0, 0.05) is 24.3 Å². The predicted molar refractivity (Wildman–Crippen MR) is 106 cm³/mol. The number of nitro benzene ring substituents is 2. The molecule has 33 heavy (non-hydrogen) atoms. The molecule has 17 heteroatoms. The minimum absolute atomic E-state index is 0.0945. The van der Waals surface area contributed by atoms with Gasteiger partial charge in [-0.1, -0.05) is 0 Å². The maximum Gasteiger partial charge on any atom is 0.422 e. The van der Waals surface area contributed by atoms with Crippen LogP contribution in [0.25, 0.3) is 0 Å². The van der Waals surface area contributed by atoms with E-state index in [-0.39, 0.29) is 26.1 Å². The molecule has 0 atom stereocenters. The van der Waals surface area contributed by atoms with Crippen molar-refractivity contribution in [1.82, 2.24) is 0 Å². The van der Waals surface area contributed by atoms with Crippen LogP contribution in [0.4, 0.5) is 42.1 Å². The van der Waals surface area contributed by atoms with E-state index < -0.39 is 41.2 Å². The zero-order chi connectivity index (χ0) is 26.0. The van der Waals surface area contributed by atoms with Crippen molar-refractivity contribution in [1.29, 1.82) is 0 Å². The van der Waals surface area contributed by atoms with Gasteiger partial charge in [-0.15, -0.1) is 0 Å². The number of ether oxygens (including phenoxy) is 1. The number of rotatable bonds is 4. The van der Waals surface area contributed by atoms with Crippen LogP contribution in [0.1, 0.15) is 0 Å². The predicted octanol–water partition coefficient (Wildman–Crippen LogP) is 6.34. The highest BCUT2D eigenvalue weighted by molar-refractivity contribution is 9.10. The van der Waals surface area contributed by atoms with E-state index in [1.807, 2.05) is 0 Å². The lowest BCUT2D eigenvalue weighted by Gasteiger charge is -2.10. The largest absolute Gasteiger partial charge is 0.483 e. The molecule has 2 aromatic carbocycles. The fraction of sp³-hybridized carbons (Fsp3) is 0.250. The molecule has 2 aromatic rings. The highest BCUT2D eigenvalue weighted by Crippen LogP contribution is 2.30. The summed E-state index contributed by atoms with van der Waals surface area (Å²) < 4.78 is 84.2. The molecule has 0 saturated heterocycles. The van der Waals surface area contributed by atoms with Gasteiger partial charge in [-0.25, -0.2) is 4.39 Å². The van der Waals surface area contributed by atoms with Gasteiger partial charge in [-0.2, -0.15) is 26.3 Å². The van der Waals surface area contributed by atoms with Crippen molar-refractivity contribution < 1.29 is 50.4 Å². The molecule has 8 nitrogen and oxygen atoms in total. The fourth-order valence-corrected chi connectivity index (χ4v) is 2.33. The smallest absolute Gasteiger partial charge is 0.422 e. The molecule has 0 aliphatic heterocycles. The standard InChI is InChI=1S/C8H5BrF3NO3.C6H3BrFNO2.C2H3F3O/c9-6-3-5(13(14)15)1-2-7(6)16-4-8(10,11)12;7-5-3-4(9(10)11)1-2-6(5)8;3-2(4,5)1-6/h1-3H,4H2;1-3H;6H,1H2. The molecule has 184 valence electrons. The van der Waals surface area contributed by atoms with E-state index in [9.17, 15) is 51.0 Å². The first-order chi connectivity index (χ1) is 15.0. The van der Waals surface area contributed by atoms with Gasteiger partial charge < -0.3 is 9.84 Å². The maximum atomic E-state index is 12.5. The zero-order valence-corrected chi connectivity index (χ0v) is 18.8. The maximum absolute atomic E-state index is 12.5. The summed E-state index contributed by atoms with van der Waals surface area (Å²) in [5.74, 6) is -0.599. The quantitative estimate of drug-likeness (QED) is 0.243. The topological polar surface area (TPSA) is 116 Å². The van der Waals surface area contributed by atoms with E-state index in [1.54, 1.807) is 0 Å². The summed E-state index contributed by atoms with van der Waals surface area (Å²) in [4.78, 5) is 19.2. The van der Waals surface area contributed by atoms with Gasteiger partial charge in [0.1, 0.15) is 18.2 Å². The third-order valence-corrected chi connectivity index (χ3v) is 4.04.